The zero-order chi connectivity index (χ0) is 14.9. The Morgan fingerprint density at radius 2 is 2.14 bits per heavy atom. The molecule has 0 bridgehead atoms. The van der Waals surface area contributed by atoms with Crippen LogP contribution in [0.2, 0.25) is 0 Å². The average Bonchev–Trinajstić information content (AvgIpc) is 3.01. The Morgan fingerprint density at radius 3 is 2.86 bits per heavy atom. The molecule has 1 aromatic carbocycles. The fraction of sp³-hybridized carbons (Fsp3) is 0.214. The Morgan fingerprint density at radius 1 is 1.33 bits per heavy atom. The lowest BCUT2D eigenvalue weighted by Crippen LogP contribution is -2.40. The Labute approximate surface area is 132 Å². The molecule has 0 fully saturated rings. The fourth-order valence-corrected chi connectivity index (χ4v) is 2.54. The molecule has 0 unspecified atom stereocenters. The van der Waals surface area contributed by atoms with Crippen molar-refractivity contribution in [1.29, 1.82) is 0 Å². The minimum atomic E-state index is -0.197. The molecule has 1 amide bonds. The topological polar surface area (TPSA) is 69.8 Å². The maximum Gasteiger partial charge on any atom is 0.257 e. The molecule has 0 saturated carbocycles. The number of carbonyl (C=O) groups excluding carboxylic acids is 1. The molecule has 0 radical (unpaired) electrons. The van der Waals surface area contributed by atoms with Crippen molar-refractivity contribution in [2.45, 2.75) is 5.75 Å². The number of benzene rings is 1. The molecule has 110 valence electrons. The molecule has 1 heterocycles. The highest BCUT2D eigenvalue weighted by Gasteiger charge is 2.06. The van der Waals surface area contributed by atoms with Gasteiger partial charge in [-0.15, -0.1) is 0 Å². The molecule has 2 rings (SSSR count). The summed E-state index contributed by atoms with van der Waals surface area (Å²) in [5.41, 5.74) is 1.62. The summed E-state index contributed by atoms with van der Waals surface area (Å²) in [6, 6.07) is 8.99. The number of nitrogens with one attached hydrogen (secondary N) is 3. The summed E-state index contributed by atoms with van der Waals surface area (Å²) in [5, 5.41) is 6.02. The van der Waals surface area contributed by atoms with Crippen molar-refractivity contribution in [3.63, 3.8) is 0 Å². The van der Waals surface area contributed by atoms with Gasteiger partial charge in [-0.25, -0.2) is 4.98 Å². The van der Waals surface area contributed by atoms with Crippen LogP contribution in [0.4, 0.5) is 0 Å². The lowest BCUT2D eigenvalue weighted by Gasteiger charge is -2.09. The van der Waals surface area contributed by atoms with Gasteiger partial charge in [0.2, 0.25) is 0 Å². The van der Waals surface area contributed by atoms with Gasteiger partial charge < -0.3 is 10.3 Å². The van der Waals surface area contributed by atoms with Crippen LogP contribution >= 0.6 is 24.0 Å². The first-order chi connectivity index (χ1) is 10.3. The standard InChI is InChI=1S/C14H16N4OS2/c19-13(11-4-2-1-3-5-11)18-14(20)16-6-7-21-9-12-8-15-10-17-12/h1-5,8,10H,6-7,9H2,(H,15,17)(H2,16,18,19,20). The van der Waals surface area contributed by atoms with Gasteiger partial charge in [-0.3, -0.25) is 10.1 Å². The third-order valence-corrected chi connectivity index (χ3v) is 3.84. The number of aromatic nitrogens is 2. The van der Waals surface area contributed by atoms with E-state index in [-0.39, 0.29) is 5.91 Å². The zero-order valence-electron chi connectivity index (χ0n) is 11.3. The van der Waals surface area contributed by atoms with E-state index in [2.05, 4.69) is 20.6 Å². The fourth-order valence-electron chi connectivity index (χ4n) is 1.59. The summed E-state index contributed by atoms with van der Waals surface area (Å²) in [5.74, 6) is 1.54. The van der Waals surface area contributed by atoms with Gasteiger partial charge in [0.1, 0.15) is 0 Å². The van der Waals surface area contributed by atoms with Gasteiger partial charge in [0.25, 0.3) is 5.91 Å². The summed E-state index contributed by atoms with van der Waals surface area (Å²) < 4.78 is 0. The summed E-state index contributed by atoms with van der Waals surface area (Å²) in [6.07, 6.45) is 3.55. The second-order valence-electron chi connectivity index (χ2n) is 4.19. The minimum absolute atomic E-state index is 0.197. The van der Waals surface area contributed by atoms with Gasteiger partial charge in [-0.2, -0.15) is 11.8 Å². The molecule has 0 saturated heterocycles. The average molecular weight is 320 g/mol. The largest absolute Gasteiger partial charge is 0.362 e. The second kappa shape index (κ2) is 8.43. The van der Waals surface area contributed by atoms with E-state index in [0.717, 1.165) is 17.2 Å². The van der Waals surface area contributed by atoms with E-state index in [1.54, 1.807) is 30.2 Å². The smallest absolute Gasteiger partial charge is 0.257 e. The van der Waals surface area contributed by atoms with Crippen molar-refractivity contribution in [2.24, 2.45) is 0 Å². The third kappa shape index (κ3) is 5.57. The molecule has 3 N–H and O–H groups in total. The van der Waals surface area contributed by atoms with Crippen LogP contribution < -0.4 is 10.6 Å². The number of aromatic amines is 1. The van der Waals surface area contributed by atoms with Gasteiger partial charge in [0, 0.05) is 29.8 Å². The highest BCUT2D eigenvalue weighted by Crippen LogP contribution is 2.07. The molecule has 0 aliphatic heterocycles. The quantitative estimate of drug-likeness (QED) is 0.561. The number of imidazole rings is 1. The van der Waals surface area contributed by atoms with Crippen molar-refractivity contribution in [1.82, 2.24) is 20.6 Å². The van der Waals surface area contributed by atoms with Crippen molar-refractivity contribution in [3.05, 3.63) is 54.1 Å². The zero-order valence-corrected chi connectivity index (χ0v) is 13.0. The van der Waals surface area contributed by atoms with E-state index in [4.69, 9.17) is 12.2 Å². The van der Waals surface area contributed by atoms with E-state index in [0.29, 0.717) is 17.2 Å². The van der Waals surface area contributed by atoms with Gasteiger partial charge in [0.05, 0.1) is 12.0 Å². The molecular weight excluding hydrogens is 304 g/mol. The summed E-state index contributed by atoms with van der Waals surface area (Å²) in [7, 11) is 0. The maximum atomic E-state index is 11.8. The predicted molar refractivity (Wildman–Crippen MR) is 89.3 cm³/mol. The Kier molecular flexibility index (Phi) is 6.23. The molecule has 21 heavy (non-hydrogen) atoms. The van der Waals surface area contributed by atoms with Gasteiger partial charge >= 0.3 is 0 Å². The van der Waals surface area contributed by atoms with Gasteiger partial charge in [-0.05, 0) is 24.4 Å². The number of nitrogens with zero attached hydrogens (tertiary/aromatic N) is 1. The van der Waals surface area contributed by atoms with Crippen LogP contribution in [0.3, 0.4) is 0 Å². The van der Waals surface area contributed by atoms with Crippen LogP contribution in [0, 0.1) is 0 Å². The molecule has 5 nitrogen and oxygen atoms in total. The van der Waals surface area contributed by atoms with E-state index < -0.39 is 0 Å². The van der Waals surface area contributed by atoms with Crippen molar-refractivity contribution < 1.29 is 4.79 Å². The molecule has 1 aromatic heterocycles. The first-order valence-corrected chi connectivity index (χ1v) is 8.01. The van der Waals surface area contributed by atoms with Crippen LogP contribution in [-0.2, 0) is 5.75 Å². The first-order valence-electron chi connectivity index (χ1n) is 6.45. The monoisotopic (exact) mass is 320 g/mol. The van der Waals surface area contributed by atoms with E-state index >= 15 is 0 Å². The first kappa shape index (κ1) is 15.5. The van der Waals surface area contributed by atoms with Crippen molar-refractivity contribution in [2.75, 3.05) is 12.3 Å². The second-order valence-corrected chi connectivity index (χ2v) is 5.70. The summed E-state index contributed by atoms with van der Waals surface area (Å²) in [6.45, 7) is 0.697. The summed E-state index contributed by atoms with van der Waals surface area (Å²) in [4.78, 5) is 18.9. The Bertz CT molecular complexity index is 572. The van der Waals surface area contributed by atoms with E-state index in [9.17, 15) is 4.79 Å². The normalized spacial score (nSPS) is 10.1. The Hall–Kier alpha value is -1.86. The molecule has 0 spiro atoms. The van der Waals surface area contributed by atoms with Gasteiger partial charge in [0.15, 0.2) is 5.11 Å². The number of amides is 1. The van der Waals surface area contributed by atoms with Crippen LogP contribution in [0.25, 0.3) is 0 Å². The number of rotatable bonds is 6. The van der Waals surface area contributed by atoms with Gasteiger partial charge in [-0.1, -0.05) is 18.2 Å². The lowest BCUT2D eigenvalue weighted by atomic mass is 10.2. The van der Waals surface area contributed by atoms with Crippen molar-refractivity contribution >= 4 is 35.0 Å². The number of hydrogen-bond acceptors (Lipinski definition) is 4. The SMILES string of the molecule is O=C(NC(=S)NCCSCc1c[nH]cn1)c1ccccc1. The highest BCUT2D eigenvalue weighted by molar-refractivity contribution is 7.98. The lowest BCUT2D eigenvalue weighted by molar-refractivity contribution is 0.0976. The minimum Gasteiger partial charge on any atom is -0.362 e. The number of hydrogen-bond donors (Lipinski definition) is 3. The number of thiocarbonyl (C=S) groups is 1. The molecule has 0 aliphatic rings. The van der Waals surface area contributed by atoms with Crippen molar-refractivity contribution in [3.8, 4) is 0 Å². The maximum absolute atomic E-state index is 11.8. The molecule has 7 heteroatoms. The van der Waals surface area contributed by atoms with Crippen LogP contribution in [0.15, 0.2) is 42.9 Å². The predicted octanol–water partition coefficient (Wildman–Crippen LogP) is 1.95. The summed E-state index contributed by atoms with van der Waals surface area (Å²) >= 11 is 6.84. The van der Waals surface area contributed by atoms with E-state index in [1.807, 2.05) is 24.4 Å². The Balaban J connectivity index is 1.60. The van der Waals surface area contributed by atoms with Crippen LogP contribution in [0.5, 0.6) is 0 Å². The molecular formula is C14H16N4OS2. The number of thioether (sulfide) groups is 1. The van der Waals surface area contributed by atoms with E-state index in [1.165, 1.54) is 0 Å². The molecule has 2 aromatic rings. The molecule has 0 atom stereocenters. The highest BCUT2D eigenvalue weighted by atomic mass is 32.2. The number of H-pyrrole nitrogens is 1. The van der Waals surface area contributed by atoms with Crippen LogP contribution in [-0.4, -0.2) is 33.3 Å². The van der Waals surface area contributed by atoms with Crippen LogP contribution in [0.1, 0.15) is 16.1 Å². The molecule has 0 aliphatic carbocycles. The number of carbonyl (C=O) groups is 1. The third-order valence-electron chi connectivity index (χ3n) is 2.60.